The highest BCUT2D eigenvalue weighted by Crippen LogP contribution is 2.36. The molecule has 0 aromatic carbocycles. The largest absolute Gasteiger partial charge is 0.295 e. The first kappa shape index (κ1) is 17.2. The summed E-state index contributed by atoms with van der Waals surface area (Å²) in [5.74, 6) is 0. The molecule has 19 heavy (non-hydrogen) atoms. The van der Waals surface area contributed by atoms with Gasteiger partial charge in [-0.15, -0.1) is 0 Å². The number of alkyl halides is 3. The van der Waals surface area contributed by atoms with Crippen LogP contribution in [0.15, 0.2) is 5.10 Å². The molecule has 0 fully saturated rings. The molecule has 0 bridgehead atoms. The summed E-state index contributed by atoms with van der Waals surface area (Å²) in [5.41, 5.74) is 0. The second-order valence-electron chi connectivity index (χ2n) is 4.95. The first-order valence-electron chi connectivity index (χ1n) is 7.16. The van der Waals surface area contributed by atoms with Crippen molar-refractivity contribution in [1.82, 2.24) is 9.91 Å². The topological polar surface area (TPSA) is 18.8 Å². The Hall–Kier alpha value is 0.140. The normalized spacial score (nSPS) is 19.5. The number of hydrogen-bond acceptors (Lipinski definition) is 3. The molecular weight excluding hydrogens is 305 g/mol. The van der Waals surface area contributed by atoms with Crippen molar-refractivity contribution in [2.24, 2.45) is 5.10 Å². The fraction of sp³-hybridized carbons (Fsp3) is 0.923. The van der Waals surface area contributed by atoms with Crippen LogP contribution >= 0.6 is 34.8 Å². The molecule has 6 heteroatoms. The Labute approximate surface area is 131 Å². The smallest absolute Gasteiger partial charge is 0.270 e. The van der Waals surface area contributed by atoms with Crippen molar-refractivity contribution in [3.8, 4) is 0 Å². The maximum Gasteiger partial charge on any atom is 0.270 e. The van der Waals surface area contributed by atoms with Crippen molar-refractivity contribution in [2.75, 3.05) is 6.54 Å². The van der Waals surface area contributed by atoms with Crippen molar-refractivity contribution in [3.05, 3.63) is 0 Å². The quantitative estimate of drug-likeness (QED) is 0.356. The van der Waals surface area contributed by atoms with Crippen LogP contribution in [0.3, 0.4) is 0 Å². The molecule has 0 N–H and O–H groups in total. The molecule has 0 amide bonds. The zero-order valence-electron chi connectivity index (χ0n) is 11.8. The minimum absolute atomic E-state index is 0.0778. The van der Waals surface area contributed by atoms with Crippen molar-refractivity contribution >= 4 is 41.1 Å². The zero-order chi connectivity index (χ0) is 14.3. The fourth-order valence-corrected chi connectivity index (χ4v) is 2.70. The van der Waals surface area contributed by atoms with Crippen LogP contribution in [-0.2, 0) is 0 Å². The monoisotopic (exact) mass is 327 g/mol. The molecule has 0 aromatic heterocycles. The maximum atomic E-state index is 6.00. The van der Waals surface area contributed by atoms with E-state index in [9.17, 15) is 0 Å². The molecule has 0 spiro atoms. The second-order valence-corrected chi connectivity index (χ2v) is 7.17. The maximum absolute atomic E-state index is 6.00. The lowest BCUT2D eigenvalue weighted by atomic mass is 10.1. The van der Waals surface area contributed by atoms with Crippen molar-refractivity contribution in [2.45, 2.75) is 68.9 Å². The molecule has 0 saturated heterocycles. The molecule has 0 radical (unpaired) electrons. The predicted molar refractivity (Wildman–Crippen MR) is 84.8 cm³/mol. The summed E-state index contributed by atoms with van der Waals surface area (Å²) >= 11 is 18.0. The molecule has 0 saturated carbocycles. The van der Waals surface area contributed by atoms with Crippen molar-refractivity contribution in [1.29, 1.82) is 0 Å². The van der Waals surface area contributed by atoms with Gasteiger partial charge in [-0.3, -0.25) is 9.91 Å². The van der Waals surface area contributed by atoms with E-state index in [2.05, 4.69) is 24.0 Å². The van der Waals surface area contributed by atoms with Gasteiger partial charge in [-0.1, -0.05) is 74.3 Å². The van der Waals surface area contributed by atoms with E-state index < -0.39 is 3.92 Å². The number of halogens is 3. The molecule has 3 nitrogen and oxygen atoms in total. The van der Waals surface area contributed by atoms with Gasteiger partial charge in [0.15, 0.2) is 0 Å². The van der Waals surface area contributed by atoms with E-state index in [4.69, 9.17) is 34.8 Å². The van der Waals surface area contributed by atoms with E-state index in [-0.39, 0.29) is 6.17 Å². The molecule has 0 aliphatic carbocycles. The highest BCUT2D eigenvalue weighted by molar-refractivity contribution is 6.67. The summed E-state index contributed by atoms with van der Waals surface area (Å²) < 4.78 is -1.42. The van der Waals surface area contributed by atoms with Crippen LogP contribution in [0.25, 0.3) is 0 Å². The highest BCUT2D eigenvalue weighted by atomic mass is 35.6. The zero-order valence-corrected chi connectivity index (χ0v) is 14.1. The van der Waals surface area contributed by atoms with Gasteiger partial charge in [-0.2, -0.15) is 5.10 Å². The number of unbranched alkanes of at least 4 members (excludes halogenated alkanes) is 4. The van der Waals surface area contributed by atoms with Crippen LogP contribution in [-0.4, -0.2) is 32.9 Å². The van der Waals surface area contributed by atoms with Gasteiger partial charge < -0.3 is 0 Å². The van der Waals surface area contributed by atoms with Crippen molar-refractivity contribution < 1.29 is 0 Å². The second kappa shape index (κ2) is 8.43. The third-order valence-corrected chi connectivity index (χ3v) is 3.92. The van der Waals surface area contributed by atoms with E-state index in [0.717, 1.165) is 32.2 Å². The molecular formula is C13H24Cl3N3. The molecule has 1 aliphatic heterocycles. The van der Waals surface area contributed by atoms with Gasteiger partial charge in [0.05, 0.1) is 0 Å². The minimum Gasteiger partial charge on any atom is -0.295 e. The van der Waals surface area contributed by atoms with E-state index in [1.807, 2.05) is 0 Å². The Bertz CT molecular complexity index is 279. The van der Waals surface area contributed by atoms with E-state index in [0.29, 0.717) is 0 Å². The van der Waals surface area contributed by atoms with Gasteiger partial charge >= 0.3 is 0 Å². The van der Waals surface area contributed by atoms with Crippen LogP contribution in [0, 0.1) is 0 Å². The Kier molecular flexibility index (Phi) is 7.63. The lowest BCUT2D eigenvalue weighted by Gasteiger charge is -2.34. The van der Waals surface area contributed by atoms with E-state index in [1.165, 1.54) is 19.3 Å². The first-order valence-corrected chi connectivity index (χ1v) is 8.30. The lowest BCUT2D eigenvalue weighted by molar-refractivity contribution is 0.116. The van der Waals surface area contributed by atoms with Gasteiger partial charge in [-0.05, 0) is 19.3 Å². The van der Waals surface area contributed by atoms with Crippen molar-refractivity contribution in [3.63, 3.8) is 0 Å². The number of rotatable bonds is 8. The summed E-state index contributed by atoms with van der Waals surface area (Å²) in [4.78, 5) is 1.73. The third-order valence-electron chi connectivity index (χ3n) is 3.34. The van der Waals surface area contributed by atoms with Crippen LogP contribution in [0.4, 0.5) is 0 Å². The third kappa shape index (κ3) is 5.57. The number of nitrogens with zero attached hydrogens (tertiary/aromatic N) is 3. The fourth-order valence-electron chi connectivity index (χ4n) is 2.24. The summed E-state index contributed by atoms with van der Waals surface area (Å²) in [5, 5.41) is 6.46. The Morgan fingerprint density at radius 2 is 1.74 bits per heavy atom. The van der Waals surface area contributed by atoms with Gasteiger partial charge in [0.2, 0.25) is 0 Å². The summed E-state index contributed by atoms with van der Waals surface area (Å²) in [6.07, 6.45) is 9.83. The van der Waals surface area contributed by atoms with Crippen LogP contribution < -0.4 is 0 Å². The van der Waals surface area contributed by atoms with Crippen LogP contribution in [0.5, 0.6) is 0 Å². The van der Waals surface area contributed by atoms with E-state index in [1.54, 1.807) is 11.2 Å². The molecule has 1 heterocycles. The van der Waals surface area contributed by atoms with Gasteiger partial charge in [0, 0.05) is 6.54 Å². The van der Waals surface area contributed by atoms with Crippen LogP contribution in [0.1, 0.15) is 58.8 Å². The SMILES string of the molecule is CCCCCCN1N=CN(C(Cl)(Cl)Cl)C1CCCC. The lowest BCUT2D eigenvalue weighted by Crippen LogP contribution is -2.45. The molecule has 112 valence electrons. The molecule has 1 unspecified atom stereocenters. The molecule has 0 aromatic rings. The molecule has 1 rings (SSSR count). The number of hydrogen-bond donors (Lipinski definition) is 0. The predicted octanol–water partition coefficient (Wildman–Crippen LogP) is 4.97. The number of hydrazone groups is 1. The summed E-state index contributed by atoms with van der Waals surface area (Å²) in [7, 11) is 0. The summed E-state index contributed by atoms with van der Waals surface area (Å²) in [6.45, 7) is 5.31. The molecule has 1 aliphatic rings. The Balaban J connectivity index is 2.52. The average Bonchev–Trinajstić information content (AvgIpc) is 2.75. The Morgan fingerprint density at radius 3 is 2.32 bits per heavy atom. The van der Waals surface area contributed by atoms with Crippen LogP contribution in [0.2, 0.25) is 0 Å². The van der Waals surface area contributed by atoms with Gasteiger partial charge in [-0.25, -0.2) is 0 Å². The van der Waals surface area contributed by atoms with Gasteiger partial charge in [0.25, 0.3) is 3.92 Å². The highest BCUT2D eigenvalue weighted by Gasteiger charge is 2.39. The standard InChI is InChI=1S/C13H24Cl3N3/c1-3-5-7-8-10-19-12(9-6-4-2)18(11-17-19)13(14,15)16/h11-12H,3-10H2,1-2H3. The molecule has 1 atom stereocenters. The first-order chi connectivity index (χ1) is 9.00. The Morgan fingerprint density at radius 1 is 1.05 bits per heavy atom. The minimum atomic E-state index is -1.42. The van der Waals surface area contributed by atoms with Gasteiger partial charge in [0.1, 0.15) is 12.5 Å². The summed E-state index contributed by atoms with van der Waals surface area (Å²) in [6, 6.07) is 0. The average molecular weight is 329 g/mol. The van der Waals surface area contributed by atoms with E-state index >= 15 is 0 Å².